The fraction of sp³-hybridized carbons (Fsp3) is 0.870. The van der Waals surface area contributed by atoms with E-state index in [4.69, 9.17) is 5.73 Å². The fourth-order valence-electron chi connectivity index (χ4n) is 4.54. The summed E-state index contributed by atoms with van der Waals surface area (Å²) in [5, 5.41) is 6.46. The maximum atomic E-state index is 12.3. The Kier molecular flexibility index (Phi) is 12.1. The van der Waals surface area contributed by atoms with Crippen LogP contribution in [0.5, 0.6) is 0 Å². The molecule has 1 fully saturated rings. The Balaban J connectivity index is 2.41. The van der Waals surface area contributed by atoms with Crippen LogP contribution in [0.3, 0.4) is 0 Å². The maximum absolute atomic E-state index is 12.3. The second-order valence-corrected chi connectivity index (χ2v) is 9.19. The van der Waals surface area contributed by atoms with Gasteiger partial charge in [0.1, 0.15) is 0 Å². The molecule has 0 aromatic carbocycles. The van der Waals surface area contributed by atoms with Gasteiger partial charge in [0.25, 0.3) is 0 Å². The maximum Gasteiger partial charge on any atom is 0.220 e. The Morgan fingerprint density at radius 2 is 1.90 bits per heavy atom. The molecule has 0 aliphatic carbocycles. The molecule has 2 amide bonds. The predicted molar refractivity (Wildman–Crippen MR) is 117 cm³/mol. The summed E-state index contributed by atoms with van der Waals surface area (Å²) in [5.74, 6) is 1.40. The van der Waals surface area contributed by atoms with Gasteiger partial charge in [-0.05, 0) is 69.7 Å². The van der Waals surface area contributed by atoms with Gasteiger partial charge in [0.2, 0.25) is 11.8 Å². The van der Waals surface area contributed by atoms with Crippen LogP contribution in [0.4, 0.5) is 0 Å². The smallest absolute Gasteiger partial charge is 0.220 e. The van der Waals surface area contributed by atoms with Gasteiger partial charge < -0.3 is 16.4 Å². The summed E-state index contributed by atoms with van der Waals surface area (Å²) in [4.78, 5) is 34.9. The van der Waals surface area contributed by atoms with Crippen molar-refractivity contribution in [3.63, 3.8) is 0 Å². The number of amides is 2. The summed E-state index contributed by atoms with van der Waals surface area (Å²) in [6.07, 6.45) is 8.78. The van der Waals surface area contributed by atoms with Crippen molar-refractivity contribution in [1.82, 2.24) is 10.6 Å². The van der Waals surface area contributed by atoms with Crippen LogP contribution in [0.1, 0.15) is 91.9 Å². The van der Waals surface area contributed by atoms with E-state index in [9.17, 15) is 14.4 Å². The third-order valence-corrected chi connectivity index (χ3v) is 6.31. The number of piperidine rings is 1. The topological polar surface area (TPSA) is 101 Å². The molecule has 29 heavy (non-hydrogen) atoms. The molecule has 0 saturated carbocycles. The first kappa shape index (κ1) is 25.6. The van der Waals surface area contributed by atoms with Gasteiger partial charge in [0.05, 0.1) is 6.04 Å². The summed E-state index contributed by atoms with van der Waals surface area (Å²) in [6, 6.07) is 0.00353. The van der Waals surface area contributed by atoms with Crippen molar-refractivity contribution >= 4 is 17.6 Å². The summed E-state index contributed by atoms with van der Waals surface area (Å²) in [7, 11) is 0. The van der Waals surface area contributed by atoms with Crippen LogP contribution in [-0.2, 0) is 14.4 Å². The molecule has 4 N–H and O–H groups in total. The first-order valence-corrected chi connectivity index (χ1v) is 11.5. The van der Waals surface area contributed by atoms with E-state index in [0.29, 0.717) is 24.3 Å². The minimum atomic E-state index is -0.610. The Morgan fingerprint density at radius 3 is 2.48 bits per heavy atom. The van der Waals surface area contributed by atoms with Crippen LogP contribution >= 0.6 is 0 Å². The van der Waals surface area contributed by atoms with E-state index in [1.54, 1.807) is 0 Å². The number of rotatable bonds is 14. The van der Waals surface area contributed by atoms with Crippen LogP contribution < -0.4 is 16.4 Å². The molecule has 0 aromatic rings. The molecule has 1 saturated heterocycles. The average molecular weight is 410 g/mol. The third-order valence-electron chi connectivity index (χ3n) is 6.31. The standard InChI is InChI=1S/C23H43N3O3/c1-5-7-19(15-17(3)21-14-16(2)12-13-25-21)8-6-9-23(29)26-20(18(4)27)10-11-22(24)28/h16-17,19-21,25H,5-15H2,1-4H3,(H2,24,28)(H,26,29). The van der Waals surface area contributed by atoms with Crippen molar-refractivity contribution in [2.24, 2.45) is 23.5 Å². The number of ketones is 1. The van der Waals surface area contributed by atoms with Gasteiger partial charge in [-0.1, -0.05) is 33.6 Å². The SMILES string of the molecule is CCCC(CCCC(=O)NC(CCC(N)=O)C(C)=O)CC(C)C1CC(C)CCN1. The lowest BCUT2D eigenvalue weighted by Crippen LogP contribution is -2.42. The van der Waals surface area contributed by atoms with E-state index < -0.39 is 11.9 Å². The quantitative estimate of drug-likeness (QED) is 0.409. The Hall–Kier alpha value is -1.43. The molecule has 0 radical (unpaired) electrons. The number of hydrogen-bond donors (Lipinski definition) is 3. The van der Waals surface area contributed by atoms with Crippen molar-refractivity contribution < 1.29 is 14.4 Å². The zero-order valence-electron chi connectivity index (χ0n) is 19.0. The number of primary amides is 1. The van der Waals surface area contributed by atoms with Gasteiger partial charge in [-0.2, -0.15) is 0 Å². The minimum Gasteiger partial charge on any atom is -0.370 e. The first-order chi connectivity index (χ1) is 13.7. The molecule has 1 aliphatic heterocycles. The Bertz CT molecular complexity index is 523. The second kappa shape index (κ2) is 13.7. The van der Waals surface area contributed by atoms with E-state index in [1.807, 2.05) is 0 Å². The number of nitrogens with one attached hydrogen (secondary N) is 2. The van der Waals surface area contributed by atoms with Gasteiger partial charge in [0, 0.05) is 18.9 Å². The normalized spacial score (nSPS) is 22.5. The molecule has 1 aliphatic rings. The Morgan fingerprint density at radius 1 is 1.17 bits per heavy atom. The van der Waals surface area contributed by atoms with Gasteiger partial charge in [-0.25, -0.2) is 0 Å². The van der Waals surface area contributed by atoms with E-state index in [-0.39, 0.29) is 24.5 Å². The molecule has 0 bridgehead atoms. The molecular formula is C23H43N3O3. The Labute approximate surface area is 177 Å². The van der Waals surface area contributed by atoms with Gasteiger partial charge in [-0.15, -0.1) is 0 Å². The minimum absolute atomic E-state index is 0.106. The number of hydrogen-bond acceptors (Lipinski definition) is 4. The third kappa shape index (κ3) is 10.8. The highest BCUT2D eigenvalue weighted by atomic mass is 16.2. The van der Waals surface area contributed by atoms with Crippen LogP contribution in [0.25, 0.3) is 0 Å². The van der Waals surface area contributed by atoms with Crippen molar-refractivity contribution in [3.05, 3.63) is 0 Å². The highest BCUT2D eigenvalue weighted by Gasteiger charge is 2.25. The number of carbonyl (C=O) groups is 3. The fourth-order valence-corrected chi connectivity index (χ4v) is 4.54. The van der Waals surface area contributed by atoms with Crippen LogP contribution in [0, 0.1) is 17.8 Å². The molecule has 168 valence electrons. The summed E-state index contributed by atoms with van der Waals surface area (Å²) in [6.45, 7) is 9.50. The van der Waals surface area contributed by atoms with Crippen molar-refractivity contribution in [3.8, 4) is 0 Å². The van der Waals surface area contributed by atoms with E-state index >= 15 is 0 Å². The number of carbonyl (C=O) groups excluding carboxylic acids is 3. The highest BCUT2D eigenvalue weighted by Crippen LogP contribution is 2.29. The largest absolute Gasteiger partial charge is 0.370 e. The molecule has 5 atom stereocenters. The van der Waals surface area contributed by atoms with E-state index in [0.717, 1.165) is 31.7 Å². The van der Waals surface area contributed by atoms with Crippen LogP contribution in [0.15, 0.2) is 0 Å². The average Bonchev–Trinajstić information content (AvgIpc) is 2.64. The van der Waals surface area contributed by atoms with Gasteiger partial charge in [0.15, 0.2) is 5.78 Å². The number of nitrogens with two attached hydrogens (primary N) is 1. The van der Waals surface area contributed by atoms with Crippen LogP contribution in [0.2, 0.25) is 0 Å². The summed E-state index contributed by atoms with van der Waals surface area (Å²) >= 11 is 0. The van der Waals surface area contributed by atoms with Gasteiger partial charge >= 0.3 is 0 Å². The van der Waals surface area contributed by atoms with E-state index in [2.05, 4.69) is 31.4 Å². The zero-order valence-corrected chi connectivity index (χ0v) is 19.0. The summed E-state index contributed by atoms with van der Waals surface area (Å²) < 4.78 is 0. The molecule has 0 spiro atoms. The number of Topliss-reactive ketones (excluding diaryl/α,β-unsaturated/α-hetero) is 1. The molecule has 0 aromatic heterocycles. The molecule has 1 rings (SSSR count). The van der Waals surface area contributed by atoms with Crippen molar-refractivity contribution in [2.75, 3.05) is 6.54 Å². The highest BCUT2D eigenvalue weighted by molar-refractivity contribution is 5.88. The molecular weight excluding hydrogens is 366 g/mol. The van der Waals surface area contributed by atoms with Crippen molar-refractivity contribution in [1.29, 1.82) is 0 Å². The molecule has 1 heterocycles. The molecule has 6 nitrogen and oxygen atoms in total. The lowest BCUT2D eigenvalue weighted by Gasteiger charge is -2.34. The summed E-state index contributed by atoms with van der Waals surface area (Å²) in [5.41, 5.74) is 5.15. The lowest BCUT2D eigenvalue weighted by molar-refractivity contribution is -0.127. The van der Waals surface area contributed by atoms with E-state index in [1.165, 1.54) is 32.6 Å². The second-order valence-electron chi connectivity index (χ2n) is 9.19. The predicted octanol–water partition coefficient (Wildman–Crippen LogP) is 3.33. The van der Waals surface area contributed by atoms with Gasteiger partial charge in [-0.3, -0.25) is 14.4 Å². The molecule has 6 heteroatoms. The van der Waals surface area contributed by atoms with Crippen LogP contribution in [-0.4, -0.2) is 36.2 Å². The lowest BCUT2D eigenvalue weighted by atomic mass is 9.80. The molecule has 5 unspecified atom stereocenters. The monoisotopic (exact) mass is 409 g/mol. The zero-order chi connectivity index (χ0) is 21.8. The first-order valence-electron chi connectivity index (χ1n) is 11.5. The van der Waals surface area contributed by atoms with Crippen molar-refractivity contribution in [2.45, 2.75) is 104 Å².